The fourth-order valence-corrected chi connectivity index (χ4v) is 2.13. The average molecular weight is 254 g/mol. The molecular weight excluding hydrogens is 241 g/mol. The molecule has 0 aliphatic rings. The molecule has 3 heteroatoms. The van der Waals surface area contributed by atoms with Crippen LogP contribution < -0.4 is 0 Å². The fraction of sp³-hybridized carbons (Fsp3) is 0.231. The van der Waals surface area contributed by atoms with Gasteiger partial charge in [-0.25, -0.2) is 0 Å². The Balaban J connectivity index is 2.40. The highest BCUT2D eigenvalue weighted by Gasteiger charge is 2.05. The van der Waals surface area contributed by atoms with Crippen LogP contribution in [-0.2, 0) is 11.8 Å². The van der Waals surface area contributed by atoms with Gasteiger partial charge in [0.25, 0.3) is 0 Å². The molecule has 84 valence electrons. The van der Waals surface area contributed by atoms with E-state index in [9.17, 15) is 0 Å². The van der Waals surface area contributed by atoms with Crippen LogP contribution in [0.15, 0.2) is 36.7 Å². The molecule has 0 N–H and O–H groups in total. The molecular formula is C13H13Cl2N. The maximum atomic E-state index is 5.86. The second-order valence-electron chi connectivity index (χ2n) is 3.82. The van der Waals surface area contributed by atoms with Crippen molar-refractivity contribution in [2.45, 2.75) is 18.7 Å². The van der Waals surface area contributed by atoms with Gasteiger partial charge in [0.1, 0.15) is 0 Å². The summed E-state index contributed by atoms with van der Waals surface area (Å²) in [6, 6.07) is 8.36. The Labute approximate surface area is 106 Å². The molecule has 0 saturated heterocycles. The van der Waals surface area contributed by atoms with Crippen molar-refractivity contribution in [2.75, 3.05) is 0 Å². The number of halogens is 2. The van der Waals surface area contributed by atoms with Crippen LogP contribution in [-0.4, -0.2) is 4.57 Å². The van der Waals surface area contributed by atoms with Crippen LogP contribution >= 0.6 is 23.2 Å². The first-order chi connectivity index (χ1) is 7.74. The van der Waals surface area contributed by atoms with E-state index < -0.39 is 0 Å². The summed E-state index contributed by atoms with van der Waals surface area (Å²) in [5.74, 6) is 1.00. The van der Waals surface area contributed by atoms with Gasteiger partial charge < -0.3 is 4.57 Å². The zero-order chi connectivity index (χ0) is 11.5. The molecule has 0 saturated carbocycles. The van der Waals surface area contributed by atoms with E-state index in [0.29, 0.717) is 11.8 Å². The summed E-state index contributed by atoms with van der Waals surface area (Å²) in [7, 11) is 0. The lowest BCUT2D eigenvalue weighted by molar-refractivity contribution is 1.07. The van der Waals surface area contributed by atoms with Gasteiger partial charge in [0.2, 0.25) is 0 Å². The van der Waals surface area contributed by atoms with Gasteiger partial charge in [0.15, 0.2) is 0 Å². The Bertz CT molecular complexity index is 450. The van der Waals surface area contributed by atoms with Crippen LogP contribution in [0.1, 0.15) is 16.7 Å². The third kappa shape index (κ3) is 2.26. The summed E-state index contributed by atoms with van der Waals surface area (Å²) in [6.45, 7) is 2.08. The van der Waals surface area contributed by atoms with Crippen molar-refractivity contribution in [1.29, 1.82) is 0 Å². The molecule has 0 radical (unpaired) electrons. The third-order valence-corrected chi connectivity index (χ3v) is 3.20. The molecule has 0 aliphatic heterocycles. The van der Waals surface area contributed by atoms with Crippen molar-refractivity contribution in [3.05, 3.63) is 53.3 Å². The molecule has 0 spiro atoms. The van der Waals surface area contributed by atoms with Crippen molar-refractivity contribution in [3.8, 4) is 5.69 Å². The molecule has 2 aromatic rings. The Morgan fingerprint density at radius 1 is 0.938 bits per heavy atom. The first-order valence-electron chi connectivity index (χ1n) is 5.13. The van der Waals surface area contributed by atoms with Crippen molar-refractivity contribution in [1.82, 2.24) is 4.57 Å². The molecule has 16 heavy (non-hydrogen) atoms. The van der Waals surface area contributed by atoms with Gasteiger partial charge in [-0.15, -0.1) is 23.2 Å². The number of rotatable bonds is 3. The molecule has 0 amide bonds. The molecule has 1 aromatic carbocycles. The van der Waals surface area contributed by atoms with Gasteiger partial charge in [0.05, 0.1) is 0 Å². The Morgan fingerprint density at radius 3 is 1.88 bits per heavy atom. The predicted molar refractivity (Wildman–Crippen MR) is 69.6 cm³/mol. The normalized spacial score (nSPS) is 10.7. The number of nitrogens with zero attached hydrogens (tertiary/aromatic N) is 1. The molecule has 0 unspecified atom stereocenters. The minimum Gasteiger partial charge on any atom is -0.323 e. The lowest BCUT2D eigenvalue weighted by Gasteiger charge is -2.02. The maximum Gasteiger partial charge on any atom is 0.0492 e. The number of alkyl halides is 2. The second kappa shape index (κ2) is 4.94. The van der Waals surface area contributed by atoms with Crippen molar-refractivity contribution < 1.29 is 0 Å². The maximum absolute atomic E-state index is 5.86. The van der Waals surface area contributed by atoms with E-state index >= 15 is 0 Å². The van der Waals surface area contributed by atoms with Crippen LogP contribution in [0.4, 0.5) is 0 Å². The lowest BCUT2D eigenvalue weighted by Crippen LogP contribution is -1.89. The topological polar surface area (TPSA) is 4.93 Å². The zero-order valence-corrected chi connectivity index (χ0v) is 10.6. The zero-order valence-electron chi connectivity index (χ0n) is 9.08. The van der Waals surface area contributed by atoms with Gasteiger partial charge >= 0.3 is 0 Å². The molecule has 2 rings (SSSR count). The SMILES string of the molecule is Cc1ccc(-n2cc(CCl)c(CCl)c2)cc1. The van der Waals surface area contributed by atoms with Crippen LogP contribution in [0, 0.1) is 6.92 Å². The molecule has 0 fully saturated rings. The summed E-state index contributed by atoms with van der Waals surface area (Å²) >= 11 is 11.7. The van der Waals surface area contributed by atoms with E-state index in [2.05, 4.69) is 35.8 Å². The van der Waals surface area contributed by atoms with E-state index in [1.807, 2.05) is 12.4 Å². The van der Waals surface area contributed by atoms with Crippen LogP contribution in [0.25, 0.3) is 5.69 Å². The van der Waals surface area contributed by atoms with Gasteiger partial charge in [-0.1, -0.05) is 17.7 Å². The number of aromatic nitrogens is 1. The number of hydrogen-bond acceptors (Lipinski definition) is 0. The summed E-state index contributed by atoms with van der Waals surface area (Å²) in [6.07, 6.45) is 4.07. The predicted octanol–water partition coefficient (Wildman–Crippen LogP) is 4.26. The van der Waals surface area contributed by atoms with Crippen molar-refractivity contribution in [3.63, 3.8) is 0 Å². The first-order valence-corrected chi connectivity index (χ1v) is 6.20. The highest BCUT2D eigenvalue weighted by Crippen LogP contribution is 2.19. The molecule has 1 heterocycles. The van der Waals surface area contributed by atoms with E-state index in [1.54, 1.807) is 0 Å². The summed E-state index contributed by atoms with van der Waals surface area (Å²) in [5.41, 5.74) is 4.58. The standard InChI is InChI=1S/C13H13Cl2N/c1-10-2-4-13(5-3-10)16-8-11(6-14)12(7-15)9-16/h2-5,8-9H,6-7H2,1H3. The first kappa shape index (κ1) is 11.6. The summed E-state index contributed by atoms with van der Waals surface area (Å²) < 4.78 is 2.06. The van der Waals surface area contributed by atoms with E-state index in [4.69, 9.17) is 23.2 Å². The van der Waals surface area contributed by atoms with Gasteiger partial charge in [-0.3, -0.25) is 0 Å². The molecule has 1 nitrogen and oxygen atoms in total. The van der Waals surface area contributed by atoms with Crippen LogP contribution in [0.2, 0.25) is 0 Å². The monoisotopic (exact) mass is 253 g/mol. The van der Waals surface area contributed by atoms with Crippen molar-refractivity contribution in [2.24, 2.45) is 0 Å². The van der Waals surface area contributed by atoms with E-state index in [-0.39, 0.29) is 0 Å². The van der Waals surface area contributed by atoms with Crippen LogP contribution in [0.5, 0.6) is 0 Å². The average Bonchev–Trinajstić information content (AvgIpc) is 2.73. The highest BCUT2D eigenvalue weighted by molar-refractivity contribution is 6.18. The molecule has 0 bridgehead atoms. The summed E-state index contributed by atoms with van der Waals surface area (Å²) in [5, 5.41) is 0. The van der Waals surface area contributed by atoms with Crippen molar-refractivity contribution >= 4 is 23.2 Å². The highest BCUT2D eigenvalue weighted by atomic mass is 35.5. The van der Waals surface area contributed by atoms with E-state index in [1.165, 1.54) is 5.56 Å². The molecule has 0 aliphatic carbocycles. The van der Waals surface area contributed by atoms with E-state index in [0.717, 1.165) is 16.8 Å². The number of hydrogen-bond donors (Lipinski definition) is 0. The molecule has 0 atom stereocenters. The quantitative estimate of drug-likeness (QED) is 0.721. The minimum absolute atomic E-state index is 0.501. The van der Waals surface area contributed by atoms with Gasteiger partial charge in [-0.05, 0) is 30.2 Å². The Hall–Kier alpha value is -0.920. The lowest BCUT2D eigenvalue weighted by atomic mass is 10.2. The Morgan fingerprint density at radius 2 is 1.44 bits per heavy atom. The minimum atomic E-state index is 0.501. The molecule has 1 aromatic heterocycles. The van der Waals surface area contributed by atoms with Gasteiger partial charge in [-0.2, -0.15) is 0 Å². The number of benzene rings is 1. The fourth-order valence-electron chi connectivity index (χ4n) is 1.65. The van der Waals surface area contributed by atoms with Gasteiger partial charge in [0, 0.05) is 29.8 Å². The third-order valence-electron chi connectivity index (χ3n) is 2.62. The number of aryl methyl sites for hydroxylation is 1. The van der Waals surface area contributed by atoms with Crippen LogP contribution in [0.3, 0.4) is 0 Å². The smallest absolute Gasteiger partial charge is 0.0492 e. The Kier molecular flexibility index (Phi) is 3.57. The second-order valence-corrected chi connectivity index (χ2v) is 4.35. The summed E-state index contributed by atoms with van der Waals surface area (Å²) in [4.78, 5) is 0. The largest absolute Gasteiger partial charge is 0.323 e.